The van der Waals surface area contributed by atoms with E-state index >= 15 is 0 Å². The van der Waals surface area contributed by atoms with E-state index in [-0.39, 0.29) is 0 Å². The summed E-state index contributed by atoms with van der Waals surface area (Å²) in [6, 6.07) is 5.62. The second-order valence-electron chi connectivity index (χ2n) is 4.09. The molecule has 0 aromatic heterocycles. The standard InChI is InChI=1S/C14H23NO4/c1-12-3-4-13(15)11-14(12)19-10-9-18-8-7-17-6-5-16-2/h3-4,11H,5-10,15H2,1-2H3. The number of rotatable bonds is 10. The number of anilines is 1. The fraction of sp³-hybridized carbons (Fsp3) is 0.571. The minimum absolute atomic E-state index is 0.502. The molecular weight excluding hydrogens is 246 g/mol. The molecule has 1 aromatic rings. The lowest BCUT2D eigenvalue weighted by atomic mass is 10.2. The number of hydrogen-bond donors (Lipinski definition) is 1. The van der Waals surface area contributed by atoms with Crippen LogP contribution in [-0.4, -0.2) is 46.8 Å². The summed E-state index contributed by atoms with van der Waals surface area (Å²) < 4.78 is 21.1. The molecule has 0 saturated heterocycles. The van der Waals surface area contributed by atoms with E-state index in [4.69, 9.17) is 24.7 Å². The van der Waals surface area contributed by atoms with Crippen molar-refractivity contribution in [2.45, 2.75) is 6.92 Å². The SMILES string of the molecule is COCCOCCOCCOc1cc(N)ccc1C. The molecule has 0 bridgehead atoms. The molecular formula is C14H23NO4. The van der Waals surface area contributed by atoms with Crippen LogP contribution >= 0.6 is 0 Å². The van der Waals surface area contributed by atoms with Crippen molar-refractivity contribution in [3.63, 3.8) is 0 Å². The third kappa shape index (κ3) is 7.00. The third-order valence-electron chi connectivity index (χ3n) is 2.50. The molecule has 0 amide bonds. The topological polar surface area (TPSA) is 62.9 Å². The van der Waals surface area contributed by atoms with Gasteiger partial charge < -0.3 is 24.7 Å². The van der Waals surface area contributed by atoms with Crippen LogP contribution in [-0.2, 0) is 14.2 Å². The van der Waals surface area contributed by atoms with Gasteiger partial charge in [0.2, 0.25) is 0 Å². The highest BCUT2D eigenvalue weighted by molar-refractivity contribution is 5.47. The minimum atomic E-state index is 0.502. The smallest absolute Gasteiger partial charge is 0.124 e. The average molecular weight is 269 g/mol. The fourth-order valence-electron chi connectivity index (χ4n) is 1.45. The van der Waals surface area contributed by atoms with Crippen molar-refractivity contribution in [2.24, 2.45) is 0 Å². The van der Waals surface area contributed by atoms with Crippen LogP contribution in [0.5, 0.6) is 5.75 Å². The fourth-order valence-corrected chi connectivity index (χ4v) is 1.45. The number of nitrogen functional groups attached to an aromatic ring is 1. The second-order valence-corrected chi connectivity index (χ2v) is 4.09. The summed E-state index contributed by atoms with van der Waals surface area (Å²) >= 11 is 0. The quantitative estimate of drug-likeness (QED) is 0.517. The van der Waals surface area contributed by atoms with Crippen molar-refractivity contribution in [1.29, 1.82) is 0 Å². The van der Waals surface area contributed by atoms with E-state index in [2.05, 4.69) is 0 Å². The van der Waals surface area contributed by atoms with Gasteiger partial charge in [-0.15, -0.1) is 0 Å². The molecule has 0 atom stereocenters. The first-order valence-electron chi connectivity index (χ1n) is 6.37. The zero-order valence-corrected chi connectivity index (χ0v) is 11.7. The summed E-state index contributed by atoms with van der Waals surface area (Å²) in [5.74, 6) is 0.806. The summed E-state index contributed by atoms with van der Waals surface area (Å²) in [4.78, 5) is 0. The van der Waals surface area contributed by atoms with Gasteiger partial charge in [-0.2, -0.15) is 0 Å². The van der Waals surface area contributed by atoms with Crippen LogP contribution in [0.4, 0.5) is 5.69 Å². The molecule has 1 rings (SSSR count). The molecule has 0 saturated carbocycles. The van der Waals surface area contributed by atoms with Crippen molar-refractivity contribution in [2.75, 3.05) is 52.5 Å². The lowest BCUT2D eigenvalue weighted by Crippen LogP contribution is -2.12. The molecule has 0 radical (unpaired) electrons. The summed E-state index contributed by atoms with van der Waals surface area (Å²) in [5.41, 5.74) is 7.47. The Morgan fingerprint density at radius 3 is 2.26 bits per heavy atom. The van der Waals surface area contributed by atoms with E-state index in [0.717, 1.165) is 11.3 Å². The molecule has 0 fully saturated rings. The van der Waals surface area contributed by atoms with Gasteiger partial charge in [0.05, 0.1) is 33.0 Å². The van der Waals surface area contributed by atoms with Gasteiger partial charge in [-0.25, -0.2) is 0 Å². The maximum Gasteiger partial charge on any atom is 0.124 e. The van der Waals surface area contributed by atoms with E-state index < -0.39 is 0 Å². The number of nitrogens with two attached hydrogens (primary N) is 1. The summed E-state index contributed by atoms with van der Waals surface area (Å²) in [5, 5.41) is 0. The van der Waals surface area contributed by atoms with E-state index in [1.165, 1.54) is 0 Å². The van der Waals surface area contributed by atoms with E-state index in [9.17, 15) is 0 Å². The molecule has 0 aliphatic heterocycles. The van der Waals surface area contributed by atoms with Crippen LogP contribution in [0.15, 0.2) is 18.2 Å². The minimum Gasteiger partial charge on any atom is -0.491 e. The first-order valence-corrected chi connectivity index (χ1v) is 6.37. The second kappa shape index (κ2) is 9.61. The number of methoxy groups -OCH3 is 1. The van der Waals surface area contributed by atoms with Crippen LogP contribution in [0.2, 0.25) is 0 Å². The highest BCUT2D eigenvalue weighted by Crippen LogP contribution is 2.20. The zero-order valence-electron chi connectivity index (χ0n) is 11.7. The van der Waals surface area contributed by atoms with Gasteiger partial charge in [0.15, 0.2) is 0 Å². The molecule has 2 N–H and O–H groups in total. The Bertz CT molecular complexity index is 357. The predicted molar refractivity (Wildman–Crippen MR) is 74.6 cm³/mol. The van der Waals surface area contributed by atoms with Crippen LogP contribution in [0.3, 0.4) is 0 Å². The predicted octanol–water partition coefficient (Wildman–Crippen LogP) is 1.64. The first kappa shape index (κ1) is 15.8. The van der Waals surface area contributed by atoms with Crippen LogP contribution in [0, 0.1) is 6.92 Å². The van der Waals surface area contributed by atoms with Gasteiger partial charge in [0.1, 0.15) is 12.4 Å². The summed E-state index contributed by atoms with van der Waals surface area (Å²) in [6.45, 7) is 5.35. The average Bonchev–Trinajstić information content (AvgIpc) is 2.40. The largest absolute Gasteiger partial charge is 0.491 e. The summed E-state index contributed by atoms with van der Waals surface area (Å²) in [6.07, 6.45) is 0. The number of aryl methyl sites for hydroxylation is 1. The third-order valence-corrected chi connectivity index (χ3v) is 2.50. The Kier molecular flexibility index (Phi) is 7.97. The van der Waals surface area contributed by atoms with Gasteiger partial charge in [0.25, 0.3) is 0 Å². The Morgan fingerprint density at radius 1 is 0.947 bits per heavy atom. The van der Waals surface area contributed by atoms with Gasteiger partial charge in [-0.1, -0.05) is 6.07 Å². The number of benzene rings is 1. The number of ether oxygens (including phenoxy) is 4. The van der Waals surface area contributed by atoms with Crippen molar-refractivity contribution in [1.82, 2.24) is 0 Å². The normalized spacial score (nSPS) is 10.6. The van der Waals surface area contributed by atoms with Crippen molar-refractivity contribution < 1.29 is 18.9 Å². The molecule has 0 spiro atoms. The highest BCUT2D eigenvalue weighted by Gasteiger charge is 1.99. The molecule has 0 aliphatic carbocycles. The highest BCUT2D eigenvalue weighted by atomic mass is 16.6. The van der Waals surface area contributed by atoms with Crippen molar-refractivity contribution in [3.05, 3.63) is 23.8 Å². The molecule has 19 heavy (non-hydrogen) atoms. The molecule has 5 heteroatoms. The van der Waals surface area contributed by atoms with E-state index in [1.807, 2.05) is 25.1 Å². The molecule has 0 aliphatic rings. The molecule has 108 valence electrons. The lowest BCUT2D eigenvalue weighted by molar-refractivity contribution is 0.0179. The maximum atomic E-state index is 5.70. The Labute approximate surface area is 114 Å². The van der Waals surface area contributed by atoms with Crippen molar-refractivity contribution >= 4 is 5.69 Å². The van der Waals surface area contributed by atoms with Gasteiger partial charge in [0, 0.05) is 18.9 Å². The Morgan fingerprint density at radius 2 is 1.58 bits per heavy atom. The molecule has 0 unspecified atom stereocenters. The molecule has 1 aromatic carbocycles. The molecule has 0 heterocycles. The van der Waals surface area contributed by atoms with E-state index in [0.29, 0.717) is 45.3 Å². The van der Waals surface area contributed by atoms with Crippen molar-refractivity contribution in [3.8, 4) is 5.75 Å². The van der Waals surface area contributed by atoms with Crippen LogP contribution in [0.25, 0.3) is 0 Å². The van der Waals surface area contributed by atoms with Gasteiger partial charge in [-0.3, -0.25) is 0 Å². The maximum absolute atomic E-state index is 5.70. The van der Waals surface area contributed by atoms with Crippen LogP contribution < -0.4 is 10.5 Å². The Hall–Kier alpha value is -1.30. The zero-order chi connectivity index (χ0) is 13.9. The Balaban J connectivity index is 2.03. The van der Waals surface area contributed by atoms with Gasteiger partial charge in [-0.05, 0) is 18.6 Å². The number of hydrogen-bond acceptors (Lipinski definition) is 5. The van der Waals surface area contributed by atoms with Gasteiger partial charge >= 0.3 is 0 Å². The van der Waals surface area contributed by atoms with Crippen LogP contribution in [0.1, 0.15) is 5.56 Å². The summed E-state index contributed by atoms with van der Waals surface area (Å²) in [7, 11) is 1.65. The molecule has 5 nitrogen and oxygen atoms in total. The lowest BCUT2D eigenvalue weighted by Gasteiger charge is -2.10. The van der Waals surface area contributed by atoms with E-state index in [1.54, 1.807) is 7.11 Å². The first-order chi connectivity index (χ1) is 9.24. The monoisotopic (exact) mass is 269 g/mol.